The van der Waals surface area contributed by atoms with Gasteiger partial charge in [-0.15, -0.1) is 0 Å². The van der Waals surface area contributed by atoms with E-state index in [-0.39, 0.29) is 11.9 Å². The van der Waals surface area contributed by atoms with Crippen LogP contribution in [-0.2, 0) is 4.79 Å². The standard InChI is InChI=1S/C12H24N2O/c1-4-5-6-11(13)12(15)14-8-9(2)7-10(14)3/h9-11H,4-8,13H2,1-3H3/t9?,10?,11-/m0/s1. The first-order valence-corrected chi connectivity index (χ1v) is 6.12. The summed E-state index contributed by atoms with van der Waals surface area (Å²) < 4.78 is 0. The summed E-state index contributed by atoms with van der Waals surface area (Å²) in [4.78, 5) is 14.0. The second kappa shape index (κ2) is 5.50. The number of nitrogens with two attached hydrogens (primary N) is 1. The molecule has 0 aliphatic carbocycles. The number of carbonyl (C=O) groups is 1. The van der Waals surface area contributed by atoms with Crippen LogP contribution in [0.5, 0.6) is 0 Å². The Hall–Kier alpha value is -0.570. The molecule has 2 unspecified atom stereocenters. The Labute approximate surface area is 93.0 Å². The van der Waals surface area contributed by atoms with Crippen molar-refractivity contribution in [3.63, 3.8) is 0 Å². The molecule has 0 bridgehead atoms. The SMILES string of the molecule is CCCC[C@H](N)C(=O)N1CC(C)CC1C. The lowest BCUT2D eigenvalue weighted by Gasteiger charge is -2.24. The van der Waals surface area contributed by atoms with Crippen LogP contribution in [0.3, 0.4) is 0 Å². The number of unbranched alkanes of at least 4 members (excludes halogenated alkanes) is 1. The molecular formula is C12H24N2O. The highest BCUT2D eigenvalue weighted by Gasteiger charge is 2.32. The molecule has 1 saturated heterocycles. The molecule has 0 aromatic heterocycles. The Balaban J connectivity index is 2.45. The third-order valence-electron chi connectivity index (χ3n) is 3.25. The van der Waals surface area contributed by atoms with Crippen molar-refractivity contribution in [1.29, 1.82) is 0 Å². The lowest BCUT2D eigenvalue weighted by atomic mass is 10.1. The molecule has 1 heterocycles. The van der Waals surface area contributed by atoms with Gasteiger partial charge < -0.3 is 10.6 Å². The summed E-state index contributed by atoms with van der Waals surface area (Å²) in [5, 5.41) is 0. The fraction of sp³-hybridized carbons (Fsp3) is 0.917. The lowest BCUT2D eigenvalue weighted by molar-refractivity contribution is -0.133. The molecule has 1 aliphatic heterocycles. The highest BCUT2D eigenvalue weighted by atomic mass is 16.2. The van der Waals surface area contributed by atoms with E-state index in [1.807, 2.05) is 4.90 Å². The first-order chi connectivity index (χ1) is 7.06. The number of carbonyl (C=O) groups excluding carboxylic acids is 1. The van der Waals surface area contributed by atoms with Crippen molar-refractivity contribution < 1.29 is 4.79 Å². The van der Waals surface area contributed by atoms with Crippen molar-refractivity contribution in [3.8, 4) is 0 Å². The molecule has 0 saturated carbocycles. The minimum atomic E-state index is -0.280. The Kier molecular flexibility index (Phi) is 4.58. The van der Waals surface area contributed by atoms with Crippen molar-refractivity contribution >= 4 is 5.91 Å². The van der Waals surface area contributed by atoms with Gasteiger partial charge in [0.25, 0.3) is 0 Å². The summed E-state index contributed by atoms with van der Waals surface area (Å²) in [6, 6.07) is 0.0953. The van der Waals surface area contributed by atoms with Crippen LogP contribution in [0.1, 0.15) is 46.5 Å². The summed E-state index contributed by atoms with van der Waals surface area (Å²) in [6.07, 6.45) is 4.09. The van der Waals surface area contributed by atoms with Crippen molar-refractivity contribution in [2.24, 2.45) is 11.7 Å². The van der Waals surface area contributed by atoms with Gasteiger partial charge in [-0.05, 0) is 25.7 Å². The number of nitrogens with zero attached hydrogens (tertiary/aromatic N) is 1. The van der Waals surface area contributed by atoms with E-state index in [1.165, 1.54) is 0 Å². The fourth-order valence-corrected chi connectivity index (χ4v) is 2.37. The topological polar surface area (TPSA) is 46.3 Å². The van der Waals surface area contributed by atoms with E-state index in [0.717, 1.165) is 32.2 Å². The van der Waals surface area contributed by atoms with Crippen LogP contribution in [0, 0.1) is 5.92 Å². The van der Waals surface area contributed by atoms with Gasteiger partial charge >= 0.3 is 0 Å². The van der Waals surface area contributed by atoms with Gasteiger partial charge in [-0.2, -0.15) is 0 Å². The predicted octanol–water partition coefficient (Wildman–Crippen LogP) is 1.76. The first kappa shape index (κ1) is 12.5. The molecule has 1 fully saturated rings. The van der Waals surface area contributed by atoms with Crippen LogP contribution in [-0.4, -0.2) is 29.4 Å². The summed E-state index contributed by atoms with van der Waals surface area (Å²) in [5.41, 5.74) is 5.90. The van der Waals surface area contributed by atoms with Crippen molar-refractivity contribution in [3.05, 3.63) is 0 Å². The van der Waals surface area contributed by atoms with Crippen LogP contribution >= 0.6 is 0 Å². The summed E-state index contributed by atoms with van der Waals surface area (Å²) >= 11 is 0. The highest BCUT2D eigenvalue weighted by Crippen LogP contribution is 2.23. The molecule has 0 radical (unpaired) electrons. The summed E-state index contributed by atoms with van der Waals surface area (Å²) in [5.74, 6) is 0.780. The molecular weight excluding hydrogens is 188 g/mol. The lowest BCUT2D eigenvalue weighted by Crippen LogP contribution is -2.45. The molecule has 0 aromatic carbocycles. The molecule has 1 rings (SSSR count). The van der Waals surface area contributed by atoms with Gasteiger partial charge in [0.2, 0.25) is 5.91 Å². The maximum absolute atomic E-state index is 12.0. The molecule has 0 spiro atoms. The number of amides is 1. The average molecular weight is 212 g/mol. The van der Waals surface area contributed by atoms with Gasteiger partial charge in [0.15, 0.2) is 0 Å². The minimum absolute atomic E-state index is 0.153. The zero-order chi connectivity index (χ0) is 11.4. The van der Waals surface area contributed by atoms with E-state index in [0.29, 0.717) is 12.0 Å². The molecule has 3 nitrogen and oxygen atoms in total. The van der Waals surface area contributed by atoms with Crippen LogP contribution in [0.2, 0.25) is 0 Å². The van der Waals surface area contributed by atoms with Gasteiger partial charge in [-0.25, -0.2) is 0 Å². The average Bonchev–Trinajstić information content (AvgIpc) is 2.53. The quantitative estimate of drug-likeness (QED) is 0.772. The Bertz CT molecular complexity index is 218. The second-order valence-electron chi connectivity index (χ2n) is 4.93. The minimum Gasteiger partial charge on any atom is -0.338 e. The largest absolute Gasteiger partial charge is 0.338 e. The van der Waals surface area contributed by atoms with E-state index < -0.39 is 0 Å². The second-order valence-corrected chi connectivity index (χ2v) is 4.93. The van der Waals surface area contributed by atoms with Crippen LogP contribution in [0.25, 0.3) is 0 Å². The molecule has 1 amide bonds. The number of rotatable bonds is 4. The van der Waals surface area contributed by atoms with Crippen molar-refractivity contribution in [1.82, 2.24) is 4.90 Å². The van der Waals surface area contributed by atoms with E-state index in [4.69, 9.17) is 5.73 Å². The Morgan fingerprint density at radius 3 is 2.67 bits per heavy atom. The third kappa shape index (κ3) is 3.20. The Morgan fingerprint density at radius 1 is 1.53 bits per heavy atom. The predicted molar refractivity (Wildman–Crippen MR) is 62.5 cm³/mol. The van der Waals surface area contributed by atoms with E-state index >= 15 is 0 Å². The van der Waals surface area contributed by atoms with Gasteiger partial charge in [0.1, 0.15) is 0 Å². The van der Waals surface area contributed by atoms with Gasteiger partial charge in [-0.3, -0.25) is 4.79 Å². The maximum Gasteiger partial charge on any atom is 0.239 e. The molecule has 3 atom stereocenters. The van der Waals surface area contributed by atoms with Crippen LogP contribution in [0.15, 0.2) is 0 Å². The van der Waals surface area contributed by atoms with E-state index in [2.05, 4.69) is 20.8 Å². The highest BCUT2D eigenvalue weighted by molar-refractivity contribution is 5.82. The normalized spacial score (nSPS) is 28.1. The first-order valence-electron chi connectivity index (χ1n) is 6.12. The zero-order valence-corrected chi connectivity index (χ0v) is 10.2. The molecule has 1 aliphatic rings. The van der Waals surface area contributed by atoms with E-state index in [9.17, 15) is 4.79 Å². The number of likely N-dealkylation sites (tertiary alicyclic amines) is 1. The monoisotopic (exact) mass is 212 g/mol. The summed E-state index contributed by atoms with van der Waals surface area (Å²) in [7, 11) is 0. The smallest absolute Gasteiger partial charge is 0.239 e. The maximum atomic E-state index is 12.0. The number of hydrogen-bond donors (Lipinski definition) is 1. The molecule has 15 heavy (non-hydrogen) atoms. The Morgan fingerprint density at radius 2 is 2.20 bits per heavy atom. The molecule has 2 N–H and O–H groups in total. The van der Waals surface area contributed by atoms with Gasteiger partial charge in [0, 0.05) is 12.6 Å². The van der Waals surface area contributed by atoms with Gasteiger partial charge in [0.05, 0.1) is 6.04 Å². The fourth-order valence-electron chi connectivity index (χ4n) is 2.37. The summed E-state index contributed by atoms with van der Waals surface area (Å²) in [6.45, 7) is 7.33. The zero-order valence-electron chi connectivity index (χ0n) is 10.2. The van der Waals surface area contributed by atoms with Crippen molar-refractivity contribution in [2.75, 3.05) is 6.54 Å². The third-order valence-corrected chi connectivity index (χ3v) is 3.25. The van der Waals surface area contributed by atoms with Crippen LogP contribution in [0.4, 0.5) is 0 Å². The molecule has 0 aromatic rings. The van der Waals surface area contributed by atoms with E-state index in [1.54, 1.807) is 0 Å². The van der Waals surface area contributed by atoms with Gasteiger partial charge in [-0.1, -0.05) is 26.7 Å². The number of hydrogen-bond acceptors (Lipinski definition) is 2. The van der Waals surface area contributed by atoms with Crippen LogP contribution < -0.4 is 5.73 Å². The van der Waals surface area contributed by atoms with Crippen molar-refractivity contribution in [2.45, 2.75) is 58.5 Å². The molecule has 88 valence electrons. The molecule has 3 heteroatoms.